The number of amides is 2. The van der Waals surface area contributed by atoms with Crippen LogP contribution in [0.3, 0.4) is 0 Å². The first kappa shape index (κ1) is 24.5. The number of urea groups is 1. The molecule has 0 fully saturated rings. The van der Waals surface area contributed by atoms with Crippen LogP contribution >= 0.6 is 11.6 Å². The Labute approximate surface area is 218 Å². The lowest BCUT2D eigenvalue weighted by atomic mass is 9.81. The van der Waals surface area contributed by atoms with Crippen LogP contribution in [0.5, 0.6) is 11.5 Å². The van der Waals surface area contributed by atoms with Crippen molar-refractivity contribution in [1.82, 2.24) is 0 Å². The van der Waals surface area contributed by atoms with E-state index in [-0.39, 0.29) is 5.75 Å². The summed E-state index contributed by atoms with van der Waals surface area (Å²) in [5, 5.41) is 26.5. The second kappa shape index (κ2) is 9.33. The number of hydrogen-bond acceptors (Lipinski definition) is 4. The van der Waals surface area contributed by atoms with Gasteiger partial charge in [0.2, 0.25) is 0 Å². The van der Waals surface area contributed by atoms with Crippen molar-refractivity contribution in [2.24, 2.45) is 0 Å². The predicted octanol–water partition coefficient (Wildman–Crippen LogP) is 7.63. The number of nitrogens with one attached hydrogen (secondary N) is 2. The fourth-order valence-electron chi connectivity index (χ4n) is 4.83. The number of para-hydroxylation sites is 2. The maximum absolute atomic E-state index is 15.1. The lowest BCUT2D eigenvalue weighted by molar-refractivity contribution is 0.262. The Morgan fingerprint density at radius 1 is 0.973 bits per heavy atom. The largest absolute Gasteiger partial charge is 0.508 e. The summed E-state index contributed by atoms with van der Waals surface area (Å²) in [7, 11) is 0. The van der Waals surface area contributed by atoms with Crippen LogP contribution in [-0.4, -0.2) is 22.8 Å². The molecule has 37 heavy (non-hydrogen) atoms. The molecule has 2 amide bonds. The van der Waals surface area contributed by atoms with E-state index >= 15 is 4.39 Å². The van der Waals surface area contributed by atoms with Crippen molar-refractivity contribution in [2.45, 2.75) is 19.3 Å². The van der Waals surface area contributed by atoms with Gasteiger partial charge in [-0.15, -0.1) is 0 Å². The van der Waals surface area contributed by atoms with Gasteiger partial charge in [-0.2, -0.15) is 0 Å². The number of halogens is 2. The molecular formula is C29H25ClFN3O3. The van der Waals surface area contributed by atoms with Crippen molar-refractivity contribution >= 4 is 40.4 Å². The second-order valence-electron chi connectivity index (χ2n) is 9.60. The van der Waals surface area contributed by atoms with Gasteiger partial charge in [0.05, 0.1) is 17.1 Å². The highest BCUT2D eigenvalue weighted by molar-refractivity contribution is 6.30. The summed E-state index contributed by atoms with van der Waals surface area (Å²) in [6, 6.07) is 21.3. The van der Waals surface area contributed by atoms with Gasteiger partial charge in [0.1, 0.15) is 5.75 Å². The Kier molecular flexibility index (Phi) is 6.17. The number of fused-ring (bicyclic) bond motifs is 1. The van der Waals surface area contributed by atoms with Gasteiger partial charge in [-0.05, 0) is 71.3 Å². The number of phenolic OH excluding ortho intramolecular Hbond substituents is 2. The minimum atomic E-state index is -0.734. The number of aromatic hydroxyl groups is 2. The van der Waals surface area contributed by atoms with Crippen molar-refractivity contribution in [2.75, 3.05) is 22.1 Å². The summed E-state index contributed by atoms with van der Waals surface area (Å²) in [6.45, 7) is 4.52. The van der Waals surface area contributed by atoms with Crippen LogP contribution in [0.15, 0.2) is 78.9 Å². The van der Waals surface area contributed by atoms with Gasteiger partial charge in [-0.1, -0.05) is 49.7 Å². The fraction of sp³-hybridized carbons (Fsp3) is 0.138. The molecule has 4 aromatic rings. The minimum Gasteiger partial charge on any atom is -0.508 e. The van der Waals surface area contributed by atoms with Gasteiger partial charge >= 0.3 is 6.03 Å². The van der Waals surface area contributed by atoms with Crippen LogP contribution in [0.2, 0.25) is 5.02 Å². The van der Waals surface area contributed by atoms with E-state index in [2.05, 4.69) is 10.6 Å². The van der Waals surface area contributed by atoms with Crippen LogP contribution in [-0.2, 0) is 5.41 Å². The molecule has 1 aliphatic rings. The Morgan fingerprint density at radius 2 is 1.65 bits per heavy atom. The van der Waals surface area contributed by atoms with Crippen molar-refractivity contribution < 1.29 is 19.4 Å². The van der Waals surface area contributed by atoms with E-state index in [1.807, 2.05) is 43.0 Å². The molecule has 188 valence electrons. The summed E-state index contributed by atoms with van der Waals surface area (Å²) in [5.74, 6) is -1.08. The van der Waals surface area contributed by atoms with Crippen molar-refractivity contribution in [3.05, 3.63) is 95.3 Å². The van der Waals surface area contributed by atoms with Gasteiger partial charge in [0, 0.05) is 22.7 Å². The molecule has 0 aromatic heterocycles. The van der Waals surface area contributed by atoms with Crippen LogP contribution in [0.25, 0.3) is 11.1 Å². The maximum Gasteiger partial charge on any atom is 0.323 e. The summed E-state index contributed by atoms with van der Waals surface area (Å²) in [4.78, 5) is 14.6. The molecule has 1 heterocycles. The average Bonchev–Trinajstić information content (AvgIpc) is 3.15. The van der Waals surface area contributed by atoms with Crippen LogP contribution in [0.4, 0.5) is 31.9 Å². The highest BCUT2D eigenvalue weighted by atomic mass is 35.5. The van der Waals surface area contributed by atoms with Crippen molar-refractivity contribution in [1.29, 1.82) is 0 Å². The summed E-state index contributed by atoms with van der Waals surface area (Å²) < 4.78 is 15.1. The Bertz CT molecular complexity index is 1490. The number of benzene rings is 4. The molecule has 8 heteroatoms. The monoisotopic (exact) mass is 517 g/mol. The zero-order valence-corrected chi connectivity index (χ0v) is 21.0. The SMILES string of the molecule is CC1(C)CN(c2ccccc2NC(=O)Nc2ccc(O)cc2)c2c(O)c(F)cc(-c3ccc(Cl)cc3)c21. The van der Waals surface area contributed by atoms with Crippen LogP contribution in [0, 0.1) is 5.82 Å². The van der Waals surface area contributed by atoms with E-state index in [0.717, 1.165) is 11.1 Å². The average molecular weight is 518 g/mol. The van der Waals surface area contributed by atoms with E-state index < -0.39 is 23.0 Å². The van der Waals surface area contributed by atoms with Crippen molar-refractivity contribution in [3.63, 3.8) is 0 Å². The van der Waals surface area contributed by atoms with E-state index in [1.54, 1.807) is 36.4 Å². The number of hydrogen-bond donors (Lipinski definition) is 4. The van der Waals surface area contributed by atoms with Crippen LogP contribution in [0.1, 0.15) is 19.4 Å². The molecule has 0 atom stereocenters. The molecule has 0 unspecified atom stereocenters. The number of nitrogens with zero attached hydrogens (tertiary/aromatic N) is 1. The third-order valence-electron chi connectivity index (χ3n) is 6.45. The summed E-state index contributed by atoms with van der Waals surface area (Å²) in [5.41, 5.74) is 3.76. The third-order valence-corrected chi connectivity index (χ3v) is 6.70. The number of phenols is 2. The lowest BCUT2D eigenvalue weighted by Crippen LogP contribution is -2.27. The molecule has 0 aliphatic carbocycles. The lowest BCUT2D eigenvalue weighted by Gasteiger charge is -2.25. The van der Waals surface area contributed by atoms with Gasteiger partial charge < -0.3 is 25.7 Å². The molecule has 4 aromatic carbocycles. The Morgan fingerprint density at radius 3 is 2.35 bits per heavy atom. The molecular weight excluding hydrogens is 493 g/mol. The molecule has 0 bridgehead atoms. The van der Waals surface area contributed by atoms with Crippen LogP contribution < -0.4 is 15.5 Å². The van der Waals surface area contributed by atoms with Gasteiger partial charge in [-0.25, -0.2) is 9.18 Å². The van der Waals surface area contributed by atoms with E-state index in [4.69, 9.17) is 11.6 Å². The molecule has 0 spiro atoms. The zero-order valence-electron chi connectivity index (χ0n) is 20.2. The number of anilines is 4. The Balaban J connectivity index is 1.56. The first-order chi connectivity index (χ1) is 17.6. The molecule has 6 nitrogen and oxygen atoms in total. The van der Waals surface area contributed by atoms with E-state index in [0.29, 0.717) is 39.9 Å². The van der Waals surface area contributed by atoms with Crippen molar-refractivity contribution in [3.8, 4) is 22.6 Å². The van der Waals surface area contributed by atoms with E-state index in [9.17, 15) is 15.0 Å². The smallest absolute Gasteiger partial charge is 0.323 e. The second-order valence-corrected chi connectivity index (χ2v) is 10.0. The van der Waals surface area contributed by atoms with E-state index in [1.165, 1.54) is 18.2 Å². The van der Waals surface area contributed by atoms with Gasteiger partial charge in [0.25, 0.3) is 0 Å². The third kappa shape index (κ3) is 4.66. The highest BCUT2D eigenvalue weighted by Gasteiger charge is 2.42. The summed E-state index contributed by atoms with van der Waals surface area (Å²) >= 11 is 6.08. The molecule has 5 rings (SSSR count). The Hall–Kier alpha value is -4.23. The topological polar surface area (TPSA) is 84.8 Å². The standard InChI is InChI=1S/C29H25ClFN3O3/c1-29(2)16-34(26-25(29)21(15-22(31)27(26)36)17-7-9-18(30)10-8-17)24-6-4-3-5-23(24)33-28(37)32-19-11-13-20(35)14-12-19/h3-15,35-36H,16H2,1-2H3,(H2,32,33,37). The first-order valence-corrected chi connectivity index (χ1v) is 12.1. The molecule has 0 radical (unpaired) electrons. The summed E-state index contributed by atoms with van der Waals surface area (Å²) in [6.07, 6.45) is 0. The van der Waals surface area contributed by atoms with Gasteiger partial charge in [0.15, 0.2) is 11.6 Å². The zero-order chi connectivity index (χ0) is 26.3. The minimum absolute atomic E-state index is 0.0941. The molecule has 0 saturated carbocycles. The molecule has 4 N–H and O–H groups in total. The maximum atomic E-state index is 15.1. The molecule has 1 aliphatic heterocycles. The predicted molar refractivity (Wildman–Crippen MR) is 146 cm³/mol. The normalized spacial score (nSPS) is 13.8. The quantitative estimate of drug-likeness (QED) is 0.210. The number of carbonyl (C=O) groups excluding carboxylic acids is 1. The number of carbonyl (C=O) groups is 1. The molecule has 0 saturated heterocycles. The first-order valence-electron chi connectivity index (χ1n) is 11.7. The fourth-order valence-corrected chi connectivity index (χ4v) is 4.96. The number of rotatable bonds is 4. The highest BCUT2D eigenvalue weighted by Crippen LogP contribution is 2.54. The van der Waals surface area contributed by atoms with Gasteiger partial charge in [-0.3, -0.25) is 0 Å².